The van der Waals surface area contributed by atoms with Crippen LogP contribution in [0.5, 0.6) is 0 Å². The zero-order valence-corrected chi connectivity index (χ0v) is 20.7. The molecule has 0 bridgehead atoms. The number of piperidine rings is 1. The first-order chi connectivity index (χ1) is 15.2. The van der Waals surface area contributed by atoms with Crippen LogP contribution in [0, 0.1) is 0 Å². The van der Waals surface area contributed by atoms with Crippen molar-refractivity contribution in [2.45, 2.75) is 44.2 Å². The van der Waals surface area contributed by atoms with Crippen LogP contribution in [-0.4, -0.2) is 18.1 Å². The normalized spacial score (nSPS) is 21.5. The molecule has 2 fully saturated rings. The van der Waals surface area contributed by atoms with Gasteiger partial charge in [-0.3, -0.25) is 0 Å². The maximum absolute atomic E-state index is 4.90. The first kappa shape index (κ1) is 21.0. The minimum Gasteiger partial charge on any atom is -0.357 e. The third-order valence-corrected chi connectivity index (χ3v) is 7.66. The molecular weight excluding hydrogens is 514 g/mol. The molecule has 0 N–H and O–H groups in total. The highest BCUT2D eigenvalue weighted by Crippen LogP contribution is 2.47. The monoisotopic (exact) mass is 539 g/mol. The van der Waals surface area contributed by atoms with Crippen molar-refractivity contribution in [1.82, 2.24) is 4.98 Å². The summed E-state index contributed by atoms with van der Waals surface area (Å²) in [6.45, 7) is 2.25. The van der Waals surface area contributed by atoms with Crippen LogP contribution in [0.15, 0.2) is 75.8 Å². The molecule has 31 heavy (non-hydrogen) atoms. The molecule has 2 aliphatic heterocycles. The van der Waals surface area contributed by atoms with E-state index in [9.17, 15) is 0 Å². The molecule has 5 rings (SSSR count). The van der Waals surface area contributed by atoms with Crippen LogP contribution < -0.4 is 9.80 Å². The molecule has 2 aromatic carbocycles. The molecule has 2 saturated heterocycles. The van der Waals surface area contributed by atoms with Gasteiger partial charge in [0.15, 0.2) is 0 Å². The van der Waals surface area contributed by atoms with Gasteiger partial charge in [0.1, 0.15) is 5.82 Å². The Morgan fingerprint density at radius 3 is 1.71 bits per heavy atom. The first-order valence-electron chi connectivity index (χ1n) is 11.2. The van der Waals surface area contributed by atoms with Crippen molar-refractivity contribution in [3.05, 3.63) is 86.9 Å². The molecule has 3 heterocycles. The zero-order valence-electron chi connectivity index (χ0n) is 17.6. The second kappa shape index (κ2) is 9.33. The molecule has 160 valence electrons. The Morgan fingerprint density at radius 2 is 1.23 bits per heavy atom. The van der Waals surface area contributed by atoms with Gasteiger partial charge in [-0.05, 0) is 79.6 Å². The van der Waals surface area contributed by atoms with E-state index in [1.807, 2.05) is 0 Å². The molecule has 2 aliphatic rings. The standard InChI is InChI=1S/C26H27Br2N3/c27-21-8-4-19(5-9-21)24-13-14-25(20-6-10-22(28)11-7-20)31(24)23-12-15-26(29-18-23)30-16-2-1-3-17-30/h4-12,15,18,24-25H,1-3,13-14,16-17H2/t24-,25-/m0/s1. The van der Waals surface area contributed by atoms with E-state index in [1.165, 1.54) is 36.1 Å². The molecule has 2 atom stereocenters. The smallest absolute Gasteiger partial charge is 0.128 e. The lowest BCUT2D eigenvalue weighted by atomic mass is 10.0. The van der Waals surface area contributed by atoms with Crippen molar-refractivity contribution >= 4 is 43.4 Å². The van der Waals surface area contributed by atoms with Crippen molar-refractivity contribution < 1.29 is 0 Å². The van der Waals surface area contributed by atoms with Crippen molar-refractivity contribution in [3.63, 3.8) is 0 Å². The lowest BCUT2D eigenvalue weighted by Gasteiger charge is -2.34. The fourth-order valence-electron chi connectivity index (χ4n) is 5.04. The second-order valence-corrected chi connectivity index (χ2v) is 10.4. The molecule has 3 nitrogen and oxygen atoms in total. The molecule has 0 amide bonds. The van der Waals surface area contributed by atoms with Crippen LogP contribution in [0.1, 0.15) is 55.3 Å². The first-order valence-corrected chi connectivity index (χ1v) is 12.8. The Labute approximate surface area is 201 Å². The number of benzene rings is 2. The molecule has 0 spiro atoms. The van der Waals surface area contributed by atoms with E-state index < -0.39 is 0 Å². The quantitative estimate of drug-likeness (QED) is 0.338. The van der Waals surface area contributed by atoms with E-state index in [0.29, 0.717) is 12.1 Å². The van der Waals surface area contributed by atoms with E-state index in [4.69, 9.17) is 4.98 Å². The number of hydrogen-bond acceptors (Lipinski definition) is 3. The van der Waals surface area contributed by atoms with Crippen LogP contribution in [0.4, 0.5) is 11.5 Å². The molecule has 0 saturated carbocycles. The maximum atomic E-state index is 4.90. The average molecular weight is 541 g/mol. The summed E-state index contributed by atoms with van der Waals surface area (Å²) in [5, 5.41) is 0. The number of nitrogens with zero attached hydrogens (tertiary/aromatic N) is 3. The number of aromatic nitrogens is 1. The molecule has 1 aromatic heterocycles. The zero-order chi connectivity index (χ0) is 21.2. The predicted octanol–water partition coefficient (Wildman–Crippen LogP) is 7.68. The average Bonchev–Trinajstić information content (AvgIpc) is 3.26. The van der Waals surface area contributed by atoms with E-state index in [2.05, 4.69) is 109 Å². The van der Waals surface area contributed by atoms with Gasteiger partial charge in [0.05, 0.1) is 24.0 Å². The van der Waals surface area contributed by atoms with Crippen LogP contribution in [0.2, 0.25) is 0 Å². The van der Waals surface area contributed by atoms with Crippen molar-refractivity contribution in [2.24, 2.45) is 0 Å². The van der Waals surface area contributed by atoms with Crippen molar-refractivity contribution in [2.75, 3.05) is 22.9 Å². The molecule has 0 radical (unpaired) electrons. The highest BCUT2D eigenvalue weighted by atomic mass is 79.9. The summed E-state index contributed by atoms with van der Waals surface area (Å²) in [4.78, 5) is 9.91. The minimum absolute atomic E-state index is 0.351. The van der Waals surface area contributed by atoms with E-state index in [-0.39, 0.29) is 0 Å². The molecule has 0 unspecified atom stereocenters. The van der Waals surface area contributed by atoms with Gasteiger partial charge in [-0.25, -0.2) is 4.98 Å². The van der Waals surface area contributed by atoms with E-state index in [1.54, 1.807) is 0 Å². The van der Waals surface area contributed by atoms with Crippen LogP contribution in [-0.2, 0) is 0 Å². The predicted molar refractivity (Wildman–Crippen MR) is 136 cm³/mol. The number of pyridine rings is 1. The number of halogens is 2. The van der Waals surface area contributed by atoms with E-state index >= 15 is 0 Å². The van der Waals surface area contributed by atoms with Gasteiger partial charge in [-0.1, -0.05) is 56.1 Å². The Hall–Kier alpha value is -1.85. The van der Waals surface area contributed by atoms with Crippen LogP contribution in [0.25, 0.3) is 0 Å². The summed E-state index contributed by atoms with van der Waals surface area (Å²) < 4.78 is 2.25. The Morgan fingerprint density at radius 1 is 0.677 bits per heavy atom. The summed E-state index contributed by atoms with van der Waals surface area (Å²) in [5.41, 5.74) is 3.94. The summed E-state index contributed by atoms with van der Waals surface area (Å²) in [6, 6.07) is 22.8. The Balaban J connectivity index is 1.48. The maximum Gasteiger partial charge on any atom is 0.128 e. The van der Waals surface area contributed by atoms with Gasteiger partial charge in [0.25, 0.3) is 0 Å². The van der Waals surface area contributed by atoms with Gasteiger partial charge >= 0.3 is 0 Å². The van der Waals surface area contributed by atoms with Crippen molar-refractivity contribution in [1.29, 1.82) is 0 Å². The van der Waals surface area contributed by atoms with Gasteiger partial charge in [0.2, 0.25) is 0 Å². The summed E-state index contributed by atoms with van der Waals surface area (Å²) >= 11 is 7.16. The summed E-state index contributed by atoms with van der Waals surface area (Å²) in [7, 11) is 0. The molecule has 0 aliphatic carbocycles. The fourth-order valence-corrected chi connectivity index (χ4v) is 5.57. The number of hydrogen-bond donors (Lipinski definition) is 0. The van der Waals surface area contributed by atoms with Gasteiger partial charge in [0, 0.05) is 22.0 Å². The summed E-state index contributed by atoms with van der Waals surface area (Å²) in [5.74, 6) is 1.11. The third-order valence-electron chi connectivity index (χ3n) is 6.61. The SMILES string of the molecule is Brc1ccc([C@@H]2CC[C@@H](c3ccc(Br)cc3)N2c2ccc(N3CCCCC3)nc2)cc1. The fraction of sp³-hybridized carbons (Fsp3) is 0.346. The highest BCUT2D eigenvalue weighted by molar-refractivity contribution is 9.10. The largest absolute Gasteiger partial charge is 0.357 e. The number of rotatable bonds is 4. The molecular formula is C26H27Br2N3. The number of anilines is 2. The second-order valence-electron chi connectivity index (χ2n) is 8.54. The van der Waals surface area contributed by atoms with Gasteiger partial charge in [-0.15, -0.1) is 0 Å². The Kier molecular flexibility index (Phi) is 6.33. The third kappa shape index (κ3) is 4.54. The van der Waals surface area contributed by atoms with E-state index in [0.717, 1.165) is 40.7 Å². The molecule has 5 heteroatoms. The van der Waals surface area contributed by atoms with Gasteiger partial charge < -0.3 is 9.80 Å². The van der Waals surface area contributed by atoms with Crippen LogP contribution >= 0.6 is 31.9 Å². The van der Waals surface area contributed by atoms with Gasteiger partial charge in [-0.2, -0.15) is 0 Å². The highest BCUT2D eigenvalue weighted by Gasteiger charge is 2.35. The van der Waals surface area contributed by atoms with Crippen LogP contribution in [0.3, 0.4) is 0 Å². The summed E-state index contributed by atoms with van der Waals surface area (Å²) in [6.07, 6.45) is 8.24. The molecule has 3 aromatic rings. The van der Waals surface area contributed by atoms with Crippen molar-refractivity contribution in [3.8, 4) is 0 Å². The minimum atomic E-state index is 0.351. The topological polar surface area (TPSA) is 19.4 Å². The Bertz CT molecular complexity index is 943. The lowest BCUT2D eigenvalue weighted by Crippen LogP contribution is -2.30. The lowest BCUT2D eigenvalue weighted by molar-refractivity contribution is 0.573.